The molecular formula is C29H32N2O2. The molecule has 0 aliphatic carbocycles. The lowest BCUT2D eigenvalue weighted by atomic mass is 9.81. The lowest BCUT2D eigenvalue weighted by Crippen LogP contribution is -2.29. The van der Waals surface area contributed by atoms with E-state index in [2.05, 4.69) is 73.5 Å². The molecule has 0 saturated carbocycles. The Bertz CT molecular complexity index is 1220. The second-order valence-electron chi connectivity index (χ2n) is 9.53. The van der Waals surface area contributed by atoms with Gasteiger partial charge in [0.2, 0.25) is 0 Å². The van der Waals surface area contributed by atoms with Crippen molar-refractivity contribution in [2.45, 2.75) is 53.0 Å². The number of nitrogens with one attached hydrogen (secondary N) is 1. The van der Waals surface area contributed by atoms with E-state index >= 15 is 0 Å². The number of piperidine rings is 1. The molecule has 2 heterocycles. The fourth-order valence-electron chi connectivity index (χ4n) is 5.61. The number of aliphatic carboxylic acids is 1. The second kappa shape index (κ2) is 8.58. The molecule has 3 aromatic rings. The molecule has 1 fully saturated rings. The highest BCUT2D eigenvalue weighted by molar-refractivity contribution is 5.95. The summed E-state index contributed by atoms with van der Waals surface area (Å²) < 4.78 is 0. The van der Waals surface area contributed by atoms with Gasteiger partial charge in [-0.25, -0.2) is 0 Å². The van der Waals surface area contributed by atoms with Crippen LogP contribution in [0.25, 0.3) is 22.3 Å². The van der Waals surface area contributed by atoms with E-state index in [0.717, 1.165) is 53.1 Å². The molecule has 33 heavy (non-hydrogen) atoms. The van der Waals surface area contributed by atoms with Crippen molar-refractivity contribution in [1.82, 2.24) is 0 Å². The highest BCUT2D eigenvalue weighted by Gasteiger charge is 2.27. The molecule has 2 aliphatic heterocycles. The van der Waals surface area contributed by atoms with Crippen LogP contribution < -0.4 is 10.2 Å². The molecule has 0 atom stereocenters. The number of carboxylic acids is 1. The highest BCUT2D eigenvalue weighted by atomic mass is 16.4. The van der Waals surface area contributed by atoms with E-state index in [1.165, 1.54) is 47.2 Å². The van der Waals surface area contributed by atoms with Gasteiger partial charge in [-0.3, -0.25) is 4.79 Å². The number of hydrogen-bond acceptors (Lipinski definition) is 3. The monoisotopic (exact) mass is 440 g/mol. The van der Waals surface area contributed by atoms with Gasteiger partial charge in [-0.05, 0) is 91.1 Å². The van der Waals surface area contributed by atoms with Crippen LogP contribution in [0.1, 0.15) is 47.1 Å². The van der Waals surface area contributed by atoms with Crippen molar-refractivity contribution in [3.8, 4) is 22.3 Å². The average Bonchev–Trinajstić information content (AvgIpc) is 2.82. The number of aryl methyl sites for hydroxylation is 1. The van der Waals surface area contributed by atoms with Crippen LogP contribution in [0.15, 0.2) is 42.5 Å². The smallest absolute Gasteiger partial charge is 0.307 e. The van der Waals surface area contributed by atoms with Crippen molar-refractivity contribution >= 4 is 17.3 Å². The van der Waals surface area contributed by atoms with E-state index < -0.39 is 5.97 Å². The van der Waals surface area contributed by atoms with Crippen molar-refractivity contribution in [3.05, 3.63) is 70.3 Å². The summed E-state index contributed by atoms with van der Waals surface area (Å²) in [6.07, 6.45) is 3.88. The Labute approximate surface area is 196 Å². The standard InChI is InChI=1S/C29H32N2O2/c1-18-7-9-21(10-8-18)27-20(3)28-24-12-11-23(31-13-5-4-6-14-31)15-22(24)17-30-29(28)19(2)25(27)16-26(32)33/h7-12,15,30H,4-6,13-14,16-17H2,1-3H3,(H,32,33). The van der Waals surface area contributed by atoms with Crippen LogP contribution >= 0.6 is 0 Å². The Morgan fingerprint density at radius 2 is 1.67 bits per heavy atom. The molecule has 2 N–H and O–H groups in total. The predicted molar refractivity (Wildman–Crippen MR) is 136 cm³/mol. The van der Waals surface area contributed by atoms with E-state index in [-0.39, 0.29) is 6.42 Å². The maximum Gasteiger partial charge on any atom is 0.307 e. The first-order valence-corrected chi connectivity index (χ1v) is 12.0. The number of nitrogens with zero attached hydrogens (tertiary/aromatic N) is 1. The van der Waals surface area contributed by atoms with Crippen molar-refractivity contribution < 1.29 is 9.90 Å². The lowest BCUT2D eigenvalue weighted by molar-refractivity contribution is -0.136. The molecule has 1 saturated heterocycles. The average molecular weight is 441 g/mol. The molecule has 0 spiro atoms. The number of fused-ring (bicyclic) bond motifs is 3. The summed E-state index contributed by atoms with van der Waals surface area (Å²) in [4.78, 5) is 14.3. The largest absolute Gasteiger partial charge is 0.481 e. The zero-order valence-electron chi connectivity index (χ0n) is 19.8. The Morgan fingerprint density at radius 3 is 2.36 bits per heavy atom. The number of carbonyl (C=O) groups is 1. The lowest BCUT2D eigenvalue weighted by Gasteiger charge is -2.32. The van der Waals surface area contributed by atoms with Gasteiger partial charge < -0.3 is 15.3 Å². The summed E-state index contributed by atoms with van der Waals surface area (Å²) in [6, 6.07) is 15.3. The fraction of sp³-hybridized carbons (Fsp3) is 0.345. The van der Waals surface area contributed by atoms with E-state index in [0.29, 0.717) is 0 Å². The van der Waals surface area contributed by atoms with Gasteiger partial charge in [-0.15, -0.1) is 0 Å². The molecule has 5 rings (SSSR count). The third-order valence-electron chi connectivity index (χ3n) is 7.33. The Kier molecular flexibility index (Phi) is 5.61. The fourth-order valence-corrected chi connectivity index (χ4v) is 5.61. The van der Waals surface area contributed by atoms with E-state index in [4.69, 9.17) is 0 Å². The van der Waals surface area contributed by atoms with Crippen LogP contribution in [0.2, 0.25) is 0 Å². The quantitative estimate of drug-likeness (QED) is 0.487. The Hall–Kier alpha value is -3.27. The third kappa shape index (κ3) is 3.88. The first kappa shape index (κ1) is 21.6. The number of hydrogen-bond donors (Lipinski definition) is 2. The van der Waals surface area contributed by atoms with Crippen LogP contribution in [-0.4, -0.2) is 24.2 Å². The van der Waals surface area contributed by atoms with Crippen molar-refractivity contribution in [1.29, 1.82) is 0 Å². The van der Waals surface area contributed by atoms with Crippen molar-refractivity contribution in [2.75, 3.05) is 23.3 Å². The van der Waals surface area contributed by atoms with Gasteiger partial charge in [-0.1, -0.05) is 35.9 Å². The molecule has 0 unspecified atom stereocenters. The summed E-state index contributed by atoms with van der Waals surface area (Å²) in [7, 11) is 0. The van der Waals surface area contributed by atoms with Gasteiger partial charge in [0.25, 0.3) is 0 Å². The van der Waals surface area contributed by atoms with Crippen LogP contribution in [-0.2, 0) is 17.8 Å². The Balaban J connectivity index is 1.69. The van der Waals surface area contributed by atoms with Crippen molar-refractivity contribution in [3.63, 3.8) is 0 Å². The number of carboxylic acid groups (broad SMARTS) is 1. The maximum atomic E-state index is 11.8. The highest BCUT2D eigenvalue weighted by Crippen LogP contribution is 2.47. The van der Waals surface area contributed by atoms with Gasteiger partial charge >= 0.3 is 5.97 Å². The molecule has 4 nitrogen and oxygen atoms in total. The molecule has 3 aromatic carbocycles. The van der Waals surface area contributed by atoms with Crippen LogP contribution in [0.5, 0.6) is 0 Å². The molecule has 0 radical (unpaired) electrons. The summed E-state index contributed by atoms with van der Waals surface area (Å²) >= 11 is 0. The summed E-state index contributed by atoms with van der Waals surface area (Å²) in [5.41, 5.74) is 12.6. The van der Waals surface area contributed by atoms with Crippen LogP contribution in [0.3, 0.4) is 0 Å². The van der Waals surface area contributed by atoms with Crippen LogP contribution in [0, 0.1) is 20.8 Å². The minimum Gasteiger partial charge on any atom is -0.481 e. The van der Waals surface area contributed by atoms with E-state index in [1.807, 2.05) is 0 Å². The molecule has 2 aliphatic rings. The van der Waals surface area contributed by atoms with Gasteiger partial charge in [0.15, 0.2) is 0 Å². The van der Waals surface area contributed by atoms with Gasteiger partial charge in [0.05, 0.1) is 6.42 Å². The summed E-state index contributed by atoms with van der Waals surface area (Å²) in [5, 5.41) is 13.3. The minimum atomic E-state index is -0.798. The zero-order chi connectivity index (χ0) is 23.1. The molecule has 170 valence electrons. The molecule has 0 bridgehead atoms. The molecular weight excluding hydrogens is 408 g/mol. The van der Waals surface area contributed by atoms with Gasteiger partial charge in [0, 0.05) is 36.6 Å². The normalized spacial score (nSPS) is 14.9. The molecule has 4 heteroatoms. The maximum absolute atomic E-state index is 11.8. The minimum absolute atomic E-state index is 0.0194. The van der Waals surface area contributed by atoms with Crippen molar-refractivity contribution in [2.24, 2.45) is 0 Å². The summed E-state index contributed by atoms with van der Waals surface area (Å²) in [6.45, 7) is 9.32. The third-order valence-corrected chi connectivity index (χ3v) is 7.33. The second-order valence-corrected chi connectivity index (χ2v) is 9.53. The zero-order valence-corrected chi connectivity index (χ0v) is 19.8. The number of anilines is 2. The SMILES string of the molecule is Cc1ccc(-c2c(C)c3c(c(C)c2CC(=O)O)NCc2cc(N4CCCCC4)ccc2-3)cc1. The number of rotatable bonds is 4. The first-order valence-electron chi connectivity index (χ1n) is 12.0. The first-order chi connectivity index (χ1) is 15.9. The van der Waals surface area contributed by atoms with Crippen LogP contribution in [0.4, 0.5) is 11.4 Å². The summed E-state index contributed by atoms with van der Waals surface area (Å²) in [5.74, 6) is -0.798. The van der Waals surface area contributed by atoms with E-state index in [9.17, 15) is 9.90 Å². The van der Waals surface area contributed by atoms with Gasteiger partial charge in [0.1, 0.15) is 0 Å². The van der Waals surface area contributed by atoms with E-state index in [1.54, 1.807) is 0 Å². The predicted octanol–water partition coefficient (Wildman–Crippen LogP) is 6.49. The van der Waals surface area contributed by atoms with Gasteiger partial charge in [-0.2, -0.15) is 0 Å². The molecule has 0 amide bonds. The Morgan fingerprint density at radius 1 is 0.939 bits per heavy atom. The topological polar surface area (TPSA) is 52.6 Å². The molecule has 0 aromatic heterocycles. The number of benzene rings is 3.